The number of hydrogen-bond acceptors (Lipinski definition) is 6. The summed E-state index contributed by atoms with van der Waals surface area (Å²) in [6.45, 7) is 2.37. The summed E-state index contributed by atoms with van der Waals surface area (Å²) in [5, 5.41) is 29.8. The van der Waals surface area contributed by atoms with Crippen molar-refractivity contribution < 1.29 is 34.3 Å². The minimum atomic E-state index is -1.03. The first-order valence-corrected chi connectivity index (χ1v) is 15.4. The third-order valence-corrected chi connectivity index (χ3v) is 9.13. The molecule has 2 aromatic rings. The number of phenols is 1. The molecule has 0 unspecified atom stereocenters. The molecule has 8 nitrogen and oxygen atoms in total. The largest absolute Gasteiger partial charge is 0.508 e. The fourth-order valence-electron chi connectivity index (χ4n) is 7.17. The average molecular weight is 586 g/mol. The van der Waals surface area contributed by atoms with Crippen molar-refractivity contribution >= 4 is 36.6 Å². The van der Waals surface area contributed by atoms with Crippen molar-refractivity contribution in [2.24, 2.45) is 17.8 Å². The summed E-state index contributed by atoms with van der Waals surface area (Å²) in [7, 11) is -1.03. The molecular weight excluding hydrogens is 545 g/mol. The topological polar surface area (TPSA) is 124 Å². The van der Waals surface area contributed by atoms with Gasteiger partial charge >= 0.3 is 13.1 Å². The Bertz CT molecular complexity index is 1400. The van der Waals surface area contributed by atoms with Gasteiger partial charge in [-0.3, -0.25) is 19.3 Å². The first-order chi connectivity index (χ1) is 20.8. The summed E-state index contributed by atoms with van der Waals surface area (Å²) in [4.78, 5) is 39.4. The highest BCUT2D eigenvalue weighted by molar-refractivity contribution is 6.43. The second-order valence-corrected chi connectivity index (χ2v) is 11.9. The number of amides is 2. The van der Waals surface area contributed by atoms with Gasteiger partial charge in [-0.1, -0.05) is 67.5 Å². The number of carbonyl (C=O) groups is 3. The van der Waals surface area contributed by atoms with E-state index in [1.165, 1.54) is 4.90 Å². The van der Waals surface area contributed by atoms with Crippen LogP contribution in [0.5, 0.6) is 5.75 Å². The minimum absolute atomic E-state index is 0.0800. The number of hydrogen-bond donors (Lipinski definition) is 3. The molecule has 226 valence electrons. The van der Waals surface area contributed by atoms with Crippen LogP contribution in [0.25, 0.3) is 11.6 Å². The Hall–Kier alpha value is -3.69. The first kappa shape index (κ1) is 30.8. The molecule has 1 aliphatic carbocycles. The zero-order valence-corrected chi connectivity index (χ0v) is 24.7. The molecule has 5 rings (SSSR count). The fourth-order valence-corrected chi connectivity index (χ4v) is 7.17. The molecule has 2 aromatic carbocycles. The number of aromatic hydroxyl groups is 1. The van der Waals surface area contributed by atoms with Crippen LogP contribution in [0.4, 0.5) is 0 Å². The predicted molar refractivity (Wildman–Crippen MR) is 165 cm³/mol. The Morgan fingerprint density at radius 1 is 1.02 bits per heavy atom. The van der Waals surface area contributed by atoms with Crippen LogP contribution in [0, 0.1) is 17.8 Å². The monoisotopic (exact) mass is 585 g/mol. The zero-order chi connectivity index (χ0) is 30.5. The van der Waals surface area contributed by atoms with E-state index in [2.05, 4.69) is 25.1 Å². The maximum atomic E-state index is 13.7. The Labute approximate surface area is 253 Å². The number of unbranched alkanes of at least 4 members (excludes halogenated alkanes) is 2. The van der Waals surface area contributed by atoms with E-state index in [1.54, 1.807) is 12.1 Å². The molecule has 3 aliphatic rings. The van der Waals surface area contributed by atoms with Crippen LogP contribution in [0.3, 0.4) is 0 Å². The molecule has 2 heterocycles. The number of rotatable bonds is 12. The molecule has 0 spiro atoms. The number of phenolic OH excluding ortho intramolecular Hbond substituents is 1. The summed E-state index contributed by atoms with van der Waals surface area (Å²) in [6.07, 6.45) is 6.29. The van der Waals surface area contributed by atoms with Gasteiger partial charge in [0.25, 0.3) is 0 Å². The summed E-state index contributed by atoms with van der Waals surface area (Å²) >= 11 is 0. The van der Waals surface area contributed by atoms with Crippen LogP contribution in [0.2, 0.25) is 6.32 Å². The van der Waals surface area contributed by atoms with Crippen LogP contribution in [0.1, 0.15) is 69.4 Å². The van der Waals surface area contributed by atoms with E-state index >= 15 is 0 Å². The van der Waals surface area contributed by atoms with Crippen molar-refractivity contribution in [3.8, 4) is 5.75 Å². The van der Waals surface area contributed by atoms with E-state index in [-0.39, 0.29) is 42.3 Å². The highest BCUT2D eigenvalue weighted by Gasteiger charge is 2.56. The van der Waals surface area contributed by atoms with Gasteiger partial charge in [0.05, 0.1) is 17.9 Å². The summed E-state index contributed by atoms with van der Waals surface area (Å²) < 4.78 is 6.16. The Kier molecular flexibility index (Phi) is 9.83. The van der Waals surface area contributed by atoms with Gasteiger partial charge in [-0.25, -0.2) is 0 Å². The molecule has 0 bridgehead atoms. The van der Waals surface area contributed by atoms with Gasteiger partial charge in [-0.2, -0.15) is 0 Å². The number of likely N-dealkylation sites (tertiary alicyclic amines) is 1. The zero-order valence-electron chi connectivity index (χ0n) is 24.7. The van der Waals surface area contributed by atoms with E-state index in [0.717, 1.165) is 34.3 Å². The lowest BCUT2D eigenvalue weighted by molar-refractivity contribution is -0.141. The van der Waals surface area contributed by atoms with Gasteiger partial charge < -0.3 is 19.9 Å². The van der Waals surface area contributed by atoms with Gasteiger partial charge in [0.2, 0.25) is 11.8 Å². The van der Waals surface area contributed by atoms with Crippen molar-refractivity contribution in [3.63, 3.8) is 0 Å². The van der Waals surface area contributed by atoms with Gasteiger partial charge in [0, 0.05) is 13.0 Å². The third-order valence-electron chi connectivity index (χ3n) is 9.13. The van der Waals surface area contributed by atoms with Crippen molar-refractivity contribution in [2.75, 3.05) is 6.54 Å². The summed E-state index contributed by atoms with van der Waals surface area (Å²) in [6, 6.07) is 17.2. The second-order valence-electron chi connectivity index (χ2n) is 11.9. The quantitative estimate of drug-likeness (QED) is 0.0979. The highest BCUT2D eigenvalue weighted by atomic mass is 16.5. The molecule has 0 aromatic heterocycles. The van der Waals surface area contributed by atoms with Crippen molar-refractivity contribution in [1.29, 1.82) is 0 Å². The molecule has 2 amide bonds. The van der Waals surface area contributed by atoms with E-state index in [4.69, 9.17) is 9.76 Å². The third kappa shape index (κ3) is 6.94. The van der Waals surface area contributed by atoms with Gasteiger partial charge in [-0.05, 0) is 85.2 Å². The number of carbonyl (C=O) groups excluding carboxylic acids is 2. The smallest absolute Gasteiger partial charge is 0.455 e. The van der Waals surface area contributed by atoms with Crippen LogP contribution >= 0.6 is 0 Å². The number of imide groups is 1. The van der Waals surface area contributed by atoms with E-state index in [0.29, 0.717) is 45.1 Å². The van der Waals surface area contributed by atoms with E-state index in [9.17, 15) is 24.5 Å². The molecule has 43 heavy (non-hydrogen) atoms. The van der Waals surface area contributed by atoms with Gasteiger partial charge in [0.1, 0.15) is 5.75 Å². The maximum absolute atomic E-state index is 13.7. The fraction of sp³-hybridized carbons (Fsp3) is 0.441. The molecule has 4 atom stereocenters. The predicted octanol–water partition coefficient (Wildman–Crippen LogP) is 5.57. The lowest BCUT2D eigenvalue weighted by atomic mass is 9.58. The molecule has 2 fully saturated rings. The molecule has 2 aliphatic heterocycles. The summed E-state index contributed by atoms with van der Waals surface area (Å²) in [5.41, 5.74) is 5.23. The lowest BCUT2D eigenvalue weighted by Gasteiger charge is -2.43. The standard InChI is InChI=1S/C34H40BNO7/c1-2-23-20-27-32(34(41)36(33(27)40)17-8-4-7-14-30(38)39)28-21-35(42)43-29(31(23)28)16-15-25(24-11-5-3-6-12-24)18-22-10-9-13-26(37)19-22/h3,5-6,9-13,18-19,27-29,32,37,42H,2,4,7-8,14-17,20-21H2,1H3,(H,38,39)/b25-18-/t27-,28+,29-,32-/m1/s1. The molecule has 9 heteroatoms. The van der Waals surface area contributed by atoms with Crippen molar-refractivity contribution in [2.45, 2.75) is 70.7 Å². The van der Waals surface area contributed by atoms with E-state index in [1.807, 2.05) is 30.3 Å². The van der Waals surface area contributed by atoms with Crippen LogP contribution in [-0.4, -0.2) is 57.7 Å². The van der Waals surface area contributed by atoms with Crippen molar-refractivity contribution in [3.05, 3.63) is 76.9 Å². The Morgan fingerprint density at radius 3 is 2.53 bits per heavy atom. The van der Waals surface area contributed by atoms with Gasteiger partial charge in [0.15, 0.2) is 0 Å². The number of carboxylic acid groups (broad SMARTS) is 1. The van der Waals surface area contributed by atoms with Crippen LogP contribution in [-0.2, 0) is 19.0 Å². The van der Waals surface area contributed by atoms with E-state index < -0.39 is 24.9 Å². The lowest BCUT2D eigenvalue weighted by Crippen LogP contribution is -2.46. The number of aliphatic carboxylic acids is 1. The Morgan fingerprint density at radius 2 is 1.81 bits per heavy atom. The number of nitrogens with zero attached hydrogens (tertiary/aromatic N) is 1. The van der Waals surface area contributed by atoms with Crippen LogP contribution < -0.4 is 0 Å². The number of fused-ring (bicyclic) bond motifs is 3. The molecule has 2 saturated heterocycles. The van der Waals surface area contributed by atoms with Crippen LogP contribution in [0.15, 0.2) is 65.7 Å². The highest BCUT2D eigenvalue weighted by Crippen LogP contribution is 2.51. The maximum Gasteiger partial charge on any atom is 0.455 e. The second kappa shape index (κ2) is 13.7. The number of benzene rings is 2. The molecule has 3 N–H and O–H groups in total. The number of allylic oxidation sites excluding steroid dienone is 2. The normalized spacial score (nSPS) is 23.9. The molecule has 0 radical (unpaired) electrons. The number of carboxylic acids is 1. The minimum Gasteiger partial charge on any atom is -0.508 e. The molecular formula is C34H40BNO7. The molecule has 0 saturated carbocycles. The van der Waals surface area contributed by atoms with Gasteiger partial charge in [-0.15, -0.1) is 0 Å². The Balaban J connectivity index is 1.36. The summed E-state index contributed by atoms with van der Waals surface area (Å²) in [5.74, 6) is -2.15. The van der Waals surface area contributed by atoms with Crippen molar-refractivity contribution in [1.82, 2.24) is 4.90 Å². The first-order valence-electron chi connectivity index (χ1n) is 15.4. The average Bonchev–Trinajstić information content (AvgIpc) is 3.23. The SMILES string of the molecule is CCC1=C2[C@@H](CC/C(=C/c3cccc(O)c3)c3ccccc3)OB(O)C[C@@H]2[C@@H]2C(=O)N(CCCCCC(=O)O)C(=O)[C@@H]2C1.